The van der Waals surface area contributed by atoms with Crippen molar-refractivity contribution in [2.24, 2.45) is 17.6 Å². The van der Waals surface area contributed by atoms with Gasteiger partial charge in [-0.3, -0.25) is 4.79 Å². The third-order valence-electron chi connectivity index (χ3n) is 3.14. The fourth-order valence-corrected chi connectivity index (χ4v) is 2.07. The number of rotatable bonds is 3. The molecule has 0 spiro atoms. The van der Waals surface area contributed by atoms with Crippen molar-refractivity contribution in [2.75, 3.05) is 13.1 Å². The van der Waals surface area contributed by atoms with E-state index < -0.39 is 0 Å². The Morgan fingerprint density at radius 1 is 1.38 bits per heavy atom. The van der Waals surface area contributed by atoms with Crippen molar-refractivity contribution < 1.29 is 4.79 Å². The molecule has 1 fully saturated rings. The van der Waals surface area contributed by atoms with Gasteiger partial charge in [0.05, 0.1) is 6.04 Å². The molecule has 4 heteroatoms. The zero-order valence-electron chi connectivity index (χ0n) is 10.6. The van der Waals surface area contributed by atoms with E-state index in [-0.39, 0.29) is 24.4 Å². The van der Waals surface area contributed by atoms with Crippen LogP contribution in [0.5, 0.6) is 0 Å². The van der Waals surface area contributed by atoms with Gasteiger partial charge in [-0.2, -0.15) is 0 Å². The molecule has 16 heavy (non-hydrogen) atoms. The number of hydrogen-bond donors (Lipinski definition) is 1. The lowest BCUT2D eigenvalue weighted by atomic mass is 9.97. The quantitative estimate of drug-likeness (QED) is 0.831. The second-order valence-electron chi connectivity index (χ2n) is 5.24. The highest BCUT2D eigenvalue weighted by Gasteiger charge is 2.24. The Hall–Kier alpha value is -0.280. The number of hydrogen-bond acceptors (Lipinski definition) is 2. The maximum atomic E-state index is 11.9. The summed E-state index contributed by atoms with van der Waals surface area (Å²) < 4.78 is 0. The first kappa shape index (κ1) is 15.7. The summed E-state index contributed by atoms with van der Waals surface area (Å²) in [6.45, 7) is 8.24. The monoisotopic (exact) mass is 248 g/mol. The van der Waals surface area contributed by atoms with Gasteiger partial charge in [-0.1, -0.05) is 20.8 Å². The molecule has 1 rings (SSSR count). The number of piperidine rings is 1. The molecule has 1 aliphatic rings. The lowest BCUT2D eigenvalue weighted by Gasteiger charge is -2.32. The number of amides is 1. The lowest BCUT2D eigenvalue weighted by molar-refractivity contribution is -0.134. The van der Waals surface area contributed by atoms with Gasteiger partial charge in [-0.05, 0) is 31.1 Å². The summed E-state index contributed by atoms with van der Waals surface area (Å²) in [4.78, 5) is 13.9. The molecule has 0 aromatic heterocycles. The van der Waals surface area contributed by atoms with Crippen molar-refractivity contribution >= 4 is 18.3 Å². The van der Waals surface area contributed by atoms with Crippen LogP contribution in [-0.4, -0.2) is 29.9 Å². The Morgan fingerprint density at radius 3 is 2.31 bits per heavy atom. The van der Waals surface area contributed by atoms with Gasteiger partial charge < -0.3 is 10.6 Å². The van der Waals surface area contributed by atoms with Gasteiger partial charge in [0.25, 0.3) is 0 Å². The van der Waals surface area contributed by atoms with Crippen molar-refractivity contribution in [3.05, 3.63) is 0 Å². The summed E-state index contributed by atoms with van der Waals surface area (Å²) in [6.07, 6.45) is 3.05. The molecule has 2 N–H and O–H groups in total. The average Bonchev–Trinajstić information content (AvgIpc) is 2.17. The summed E-state index contributed by atoms with van der Waals surface area (Å²) in [5.74, 6) is 1.40. The summed E-state index contributed by atoms with van der Waals surface area (Å²) in [5, 5.41) is 0. The molecule has 96 valence electrons. The van der Waals surface area contributed by atoms with Crippen LogP contribution in [-0.2, 0) is 4.79 Å². The van der Waals surface area contributed by atoms with E-state index in [1.807, 2.05) is 4.90 Å². The van der Waals surface area contributed by atoms with Gasteiger partial charge in [-0.25, -0.2) is 0 Å². The molecule has 0 radical (unpaired) electrons. The summed E-state index contributed by atoms with van der Waals surface area (Å²) in [7, 11) is 0. The fraction of sp³-hybridized carbons (Fsp3) is 0.917. The summed E-state index contributed by atoms with van der Waals surface area (Å²) in [5.41, 5.74) is 5.89. The highest BCUT2D eigenvalue weighted by atomic mass is 35.5. The zero-order chi connectivity index (χ0) is 11.4. The molecule has 1 saturated heterocycles. The maximum Gasteiger partial charge on any atom is 0.239 e. The number of likely N-dealkylation sites (tertiary alicyclic amines) is 1. The van der Waals surface area contributed by atoms with E-state index in [4.69, 9.17) is 5.73 Å². The van der Waals surface area contributed by atoms with Crippen molar-refractivity contribution in [1.82, 2.24) is 4.90 Å². The highest BCUT2D eigenvalue weighted by Crippen LogP contribution is 2.17. The number of halogens is 1. The molecule has 1 heterocycles. The second kappa shape index (κ2) is 7.13. The predicted octanol–water partition coefficient (Wildman–Crippen LogP) is 2.04. The van der Waals surface area contributed by atoms with Crippen molar-refractivity contribution in [3.63, 3.8) is 0 Å². The molecule has 1 aliphatic heterocycles. The van der Waals surface area contributed by atoms with Crippen LogP contribution >= 0.6 is 12.4 Å². The van der Waals surface area contributed by atoms with Gasteiger partial charge in [0, 0.05) is 13.1 Å². The third-order valence-corrected chi connectivity index (χ3v) is 3.14. The number of carbonyl (C=O) groups is 1. The van der Waals surface area contributed by atoms with Crippen LogP contribution in [0, 0.1) is 11.8 Å². The molecular formula is C12H25ClN2O. The summed E-state index contributed by atoms with van der Waals surface area (Å²) >= 11 is 0. The standard InChI is InChI=1S/C12H24N2O.ClH/c1-9(2)8-11(13)12(15)14-6-4-10(3)5-7-14;/h9-11H,4-8,13H2,1-3H3;1H/t11-;/m0./s1. The first-order chi connectivity index (χ1) is 7.00. The third kappa shape index (κ3) is 4.71. The van der Waals surface area contributed by atoms with Crippen molar-refractivity contribution in [2.45, 2.75) is 46.1 Å². The Morgan fingerprint density at radius 2 is 1.88 bits per heavy atom. The van der Waals surface area contributed by atoms with E-state index in [1.54, 1.807) is 0 Å². The molecule has 0 unspecified atom stereocenters. The molecule has 3 nitrogen and oxygen atoms in total. The van der Waals surface area contributed by atoms with E-state index in [0.717, 1.165) is 38.3 Å². The zero-order valence-corrected chi connectivity index (χ0v) is 11.4. The van der Waals surface area contributed by atoms with E-state index in [0.29, 0.717) is 5.92 Å². The molecular weight excluding hydrogens is 224 g/mol. The SMILES string of the molecule is CC(C)C[C@H](N)C(=O)N1CCC(C)CC1.Cl. The van der Waals surface area contributed by atoms with Crippen LogP contribution in [0.25, 0.3) is 0 Å². The van der Waals surface area contributed by atoms with Crippen LogP contribution in [0.2, 0.25) is 0 Å². The van der Waals surface area contributed by atoms with Gasteiger partial charge in [-0.15, -0.1) is 12.4 Å². The maximum absolute atomic E-state index is 11.9. The highest BCUT2D eigenvalue weighted by molar-refractivity contribution is 5.85. The van der Waals surface area contributed by atoms with Crippen molar-refractivity contribution in [3.8, 4) is 0 Å². The lowest BCUT2D eigenvalue weighted by Crippen LogP contribution is -2.47. The molecule has 0 saturated carbocycles. The van der Waals surface area contributed by atoms with Gasteiger partial charge in [0.15, 0.2) is 0 Å². The molecule has 1 amide bonds. The van der Waals surface area contributed by atoms with Crippen LogP contribution in [0.3, 0.4) is 0 Å². The minimum Gasteiger partial charge on any atom is -0.341 e. The van der Waals surface area contributed by atoms with Gasteiger partial charge in [0.1, 0.15) is 0 Å². The normalized spacial score (nSPS) is 19.4. The van der Waals surface area contributed by atoms with Crippen molar-refractivity contribution in [1.29, 1.82) is 0 Å². The average molecular weight is 249 g/mol. The van der Waals surface area contributed by atoms with E-state index in [2.05, 4.69) is 20.8 Å². The van der Waals surface area contributed by atoms with E-state index in [1.165, 1.54) is 0 Å². The van der Waals surface area contributed by atoms with Gasteiger partial charge >= 0.3 is 0 Å². The molecule has 1 atom stereocenters. The Bertz CT molecular complexity index is 213. The minimum atomic E-state index is -0.293. The van der Waals surface area contributed by atoms with E-state index >= 15 is 0 Å². The van der Waals surface area contributed by atoms with Crippen LogP contribution in [0.4, 0.5) is 0 Å². The Labute approximate surface area is 105 Å². The van der Waals surface area contributed by atoms with Gasteiger partial charge in [0.2, 0.25) is 5.91 Å². The van der Waals surface area contributed by atoms with Crippen LogP contribution in [0.15, 0.2) is 0 Å². The van der Waals surface area contributed by atoms with Crippen LogP contribution in [0.1, 0.15) is 40.0 Å². The second-order valence-corrected chi connectivity index (χ2v) is 5.24. The molecule has 0 aliphatic carbocycles. The predicted molar refractivity (Wildman–Crippen MR) is 69.7 cm³/mol. The number of nitrogens with two attached hydrogens (primary N) is 1. The topological polar surface area (TPSA) is 46.3 Å². The first-order valence-electron chi connectivity index (χ1n) is 6.05. The minimum absolute atomic E-state index is 0. The summed E-state index contributed by atoms with van der Waals surface area (Å²) in [6, 6.07) is -0.293. The number of nitrogens with zero attached hydrogens (tertiary/aromatic N) is 1. The molecule has 0 bridgehead atoms. The fourth-order valence-electron chi connectivity index (χ4n) is 2.07. The first-order valence-corrected chi connectivity index (χ1v) is 6.05. The van der Waals surface area contributed by atoms with Crippen LogP contribution < -0.4 is 5.73 Å². The Balaban J connectivity index is 0.00000225. The smallest absolute Gasteiger partial charge is 0.239 e. The Kier molecular flexibility index (Phi) is 7.00. The van der Waals surface area contributed by atoms with E-state index in [9.17, 15) is 4.79 Å². The number of carbonyl (C=O) groups excluding carboxylic acids is 1. The largest absolute Gasteiger partial charge is 0.341 e. The molecule has 0 aromatic rings. The molecule has 0 aromatic carbocycles.